The van der Waals surface area contributed by atoms with Crippen molar-refractivity contribution < 1.29 is 19.7 Å². The molecule has 6 nitrogen and oxygen atoms in total. The van der Waals surface area contributed by atoms with Crippen LogP contribution in [0.4, 0.5) is 11.4 Å². The van der Waals surface area contributed by atoms with Gasteiger partial charge >= 0.3 is 0 Å². The fraction of sp³-hybridized carbons (Fsp3) is 0. The molecule has 6 heteroatoms. The van der Waals surface area contributed by atoms with Gasteiger partial charge in [0.1, 0.15) is 34.5 Å². The van der Waals surface area contributed by atoms with Gasteiger partial charge in [-0.3, -0.25) is 9.98 Å². The van der Waals surface area contributed by atoms with E-state index in [4.69, 9.17) is 9.47 Å². The first-order chi connectivity index (χ1) is 18.6. The molecule has 0 aliphatic heterocycles. The summed E-state index contributed by atoms with van der Waals surface area (Å²) in [7, 11) is 0. The molecule has 0 bridgehead atoms. The minimum absolute atomic E-state index is 0.190. The van der Waals surface area contributed by atoms with E-state index in [1.807, 2.05) is 84.9 Å². The summed E-state index contributed by atoms with van der Waals surface area (Å²) >= 11 is 0. The van der Waals surface area contributed by atoms with Crippen LogP contribution in [-0.2, 0) is 0 Å². The second-order valence-corrected chi connectivity index (χ2v) is 8.30. The topological polar surface area (TPSA) is 83.6 Å². The van der Waals surface area contributed by atoms with Crippen LogP contribution in [0.2, 0.25) is 0 Å². The molecule has 5 rings (SSSR count). The van der Waals surface area contributed by atoms with Crippen molar-refractivity contribution in [2.75, 3.05) is 0 Å². The van der Waals surface area contributed by atoms with Crippen LogP contribution in [0.25, 0.3) is 0 Å². The van der Waals surface area contributed by atoms with Gasteiger partial charge < -0.3 is 19.7 Å². The van der Waals surface area contributed by atoms with Gasteiger partial charge in [0.05, 0.1) is 11.4 Å². The Bertz CT molecular complexity index is 1440. The van der Waals surface area contributed by atoms with Crippen molar-refractivity contribution >= 4 is 23.8 Å². The molecule has 0 amide bonds. The number of hydrogen-bond donors (Lipinski definition) is 2. The molecule has 38 heavy (non-hydrogen) atoms. The first-order valence-electron chi connectivity index (χ1n) is 11.9. The van der Waals surface area contributed by atoms with Crippen molar-refractivity contribution in [1.29, 1.82) is 0 Å². The lowest BCUT2D eigenvalue weighted by Gasteiger charge is -2.09. The van der Waals surface area contributed by atoms with Gasteiger partial charge in [-0.1, -0.05) is 24.3 Å². The Morgan fingerprint density at radius 3 is 1.08 bits per heavy atom. The number of aliphatic imine (C=N–C) groups is 2. The summed E-state index contributed by atoms with van der Waals surface area (Å²) in [6.07, 6.45) is 3.25. The molecular weight excluding hydrogens is 476 g/mol. The van der Waals surface area contributed by atoms with E-state index in [-0.39, 0.29) is 11.5 Å². The van der Waals surface area contributed by atoms with Crippen molar-refractivity contribution in [3.05, 3.63) is 132 Å². The number of phenolic OH excluding ortho intramolecular Hbond substituents is 2. The fourth-order valence-electron chi connectivity index (χ4n) is 3.53. The summed E-state index contributed by atoms with van der Waals surface area (Å²) in [4.78, 5) is 8.79. The number of phenols is 2. The third-order valence-electron chi connectivity index (χ3n) is 5.55. The second-order valence-electron chi connectivity index (χ2n) is 8.30. The van der Waals surface area contributed by atoms with E-state index < -0.39 is 0 Å². The Morgan fingerprint density at radius 2 is 0.737 bits per heavy atom. The predicted octanol–water partition coefficient (Wildman–Crippen LogP) is 8.18. The van der Waals surface area contributed by atoms with Gasteiger partial charge in [-0.25, -0.2) is 0 Å². The van der Waals surface area contributed by atoms with E-state index in [0.717, 1.165) is 11.4 Å². The summed E-state index contributed by atoms with van der Waals surface area (Å²) in [6, 6.07) is 36.2. The molecular formula is C32H24N2O4. The van der Waals surface area contributed by atoms with Gasteiger partial charge in [-0.05, 0) is 97.1 Å². The van der Waals surface area contributed by atoms with Crippen molar-refractivity contribution in [3.63, 3.8) is 0 Å². The van der Waals surface area contributed by atoms with Crippen LogP contribution < -0.4 is 9.47 Å². The standard InChI is InChI=1S/C32H24N2O4/c35-31-7-3-1-5-23(31)21-33-25-9-13-27(14-10-25)37-29-17-19-30(20-18-29)38-28-15-11-26(12-16-28)34-22-24-6-2-4-8-32(24)36/h1-22,35-36H. The maximum atomic E-state index is 9.84. The maximum absolute atomic E-state index is 9.84. The number of hydrogen-bond acceptors (Lipinski definition) is 6. The summed E-state index contributed by atoms with van der Waals surface area (Å²) < 4.78 is 11.9. The van der Waals surface area contributed by atoms with Gasteiger partial charge in [-0.15, -0.1) is 0 Å². The largest absolute Gasteiger partial charge is 0.507 e. The second kappa shape index (κ2) is 11.6. The maximum Gasteiger partial charge on any atom is 0.127 e. The molecule has 0 aliphatic carbocycles. The van der Waals surface area contributed by atoms with Crippen molar-refractivity contribution in [2.24, 2.45) is 9.98 Å². The summed E-state index contributed by atoms with van der Waals surface area (Å²) in [5, 5.41) is 19.7. The Hall–Kier alpha value is -5.36. The normalized spacial score (nSPS) is 11.2. The highest BCUT2D eigenvalue weighted by Gasteiger charge is 2.02. The van der Waals surface area contributed by atoms with Crippen LogP contribution in [0.15, 0.2) is 131 Å². The Labute approximate surface area is 220 Å². The average molecular weight is 501 g/mol. The number of aromatic hydroxyl groups is 2. The third-order valence-corrected chi connectivity index (χ3v) is 5.55. The molecule has 186 valence electrons. The van der Waals surface area contributed by atoms with Gasteiger partial charge in [0.15, 0.2) is 0 Å². The molecule has 5 aromatic carbocycles. The fourth-order valence-corrected chi connectivity index (χ4v) is 3.53. The molecule has 0 fully saturated rings. The molecule has 0 aromatic heterocycles. The highest BCUT2D eigenvalue weighted by atomic mass is 16.5. The van der Waals surface area contributed by atoms with E-state index in [2.05, 4.69) is 9.98 Å². The van der Waals surface area contributed by atoms with Gasteiger partial charge in [-0.2, -0.15) is 0 Å². The SMILES string of the molecule is Oc1ccccc1C=Nc1ccc(Oc2ccc(Oc3ccc(N=Cc4ccccc4O)cc3)cc2)cc1. The van der Waals surface area contributed by atoms with Crippen molar-refractivity contribution in [1.82, 2.24) is 0 Å². The van der Waals surface area contributed by atoms with E-state index in [0.29, 0.717) is 34.1 Å². The Morgan fingerprint density at radius 1 is 0.421 bits per heavy atom. The van der Waals surface area contributed by atoms with E-state index >= 15 is 0 Å². The number of para-hydroxylation sites is 2. The van der Waals surface area contributed by atoms with Crippen LogP contribution in [0, 0.1) is 0 Å². The highest BCUT2D eigenvalue weighted by Crippen LogP contribution is 2.29. The number of benzene rings is 5. The molecule has 0 saturated carbocycles. The van der Waals surface area contributed by atoms with E-state index in [1.165, 1.54) is 0 Å². The molecule has 2 N–H and O–H groups in total. The summed E-state index contributed by atoms with van der Waals surface area (Å²) in [5.74, 6) is 3.10. The quantitative estimate of drug-likeness (QED) is 0.210. The zero-order valence-corrected chi connectivity index (χ0v) is 20.3. The number of nitrogens with zero attached hydrogens (tertiary/aromatic N) is 2. The lowest BCUT2D eigenvalue weighted by Crippen LogP contribution is -1.86. The monoisotopic (exact) mass is 500 g/mol. The molecule has 0 atom stereocenters. The molecule has 5 aromatic rings. The lowest BCUT2D eigenvalue weighted by atomic mass is 10.2. The van der Waals surface area contributed by atoms with E-state index in [9.17, 15) is 10.2 Å². The minimum atomic E-state index is 0.190. The van der Waals surface area contributed by atoms with Crippen molar-refractivity contribution in [2.45, 2.75) is 0 Å². The molecule has 0 heterocycles. The van der Waals surface area contributed by atoms with Crippen molar-refractivity contribution in [3.8, 4) is 34.5 Å². The number of ether oxygens (including phenoxy) is 2. The van der Waals surface area contributed by atoms with Crippen LogP contribution in [0.1, 0.15) is 11.1 Å². The van der Waals surface area contributed by atoms with Gasteiger partial charge in [0.2, 0.25) is 0 Å². The summed E-state index contributed by atoms with van der Waals surface area (Å²) in [5.41, 5.74) is 2.81. The zero-order chi connectivity index (χ0) is 26.2. The first kappa shape index (κ1) is 24.3. The third kappa shape index (κ3) is 6.44. The zero-order valence-electron chi connectivity index (χ0n) is 20.3. The van der Waals surface area contributed by atoms with Gasteiger partial charge in [0, 0.05) is 23.6 Å². The van der Waals surface area contributed by atoms with Gasteiger partial charge in [0.25, 0.3) is 0 Å². The molecule has 0 spiro atoms. The minimum Gasteiger partial charge on any atom is -0.507 e. The van der Waals surface area contributed by atoms with Crippen LogP contribution in [0.5, 0.6) is 34.5 Å². The van der Waals surface area contributed by atoms with Crippen LogP contribution in [0.3, 0.4) is 0 Å². The molecule has 0 aliphatic rings. The Kier molecular flexibility index (Phi) is 7.42. The first-order valence-corrected chi connectivity index (χ1v) is 11.9. The van der Waals surface area contributed by atoms with Crippen LogP contribution in [-0.4, -0.2) is 22.6 Å². The summed E-state index contributed by atoms with van der Waals surface area (Å²) in [6.45, 7) is 0. The van der Waals surface area contributed by atoms with Crippen LogP contribution >= 0.6 is 0 Å². The highest BCUT2D eigenvalue weighted by molar-refractivity contribution is 5.85. The lowest BCUT2D eigenvalue weighted by molar-refractivity contribution is 0.469. The smallest absolute Gasteiger partial charge is 0.127 e. The molecule has 0 radical (unpaired) electrons. The predicted molar refractivity (Wildman–Crippen MR) is 150 cm³/mol. The van der Waals surface area contributed by atoms with E-state index in [1.54, 1.807) is 48.8 Å². The number of rotatable bonds is 8. The average Bonchev–Trinajstić information content (AvgIpc) is 2.95. The Balaban J connectivity index is 1.15. The molecule has 0 saturated heterocycles. The molecule has 0 unspecified atom stereocenters.